The van der Waals surface area contributed by atoms with Crippen LogP contribution in [-0.4, -0.2) is 10.7 Å². The summed E-state index contributed by atoms with van der Waals surface area (Å²) in [6, 6.07) is 15.0. The van der Waals surface area contributed by atoms with Gasteiger partial charge in [-0.25, -0.2) is 9.99 Å². The van der Waals surface area contributed by atoms with Gasteiger partial charge in [0.2, 0.25) is 5.13 Å². The van der Waals surface area contributed by atoms with Crippen LogP contribution in [0.5, 0.6) is 0 Å². The lowest BCUT2D eigenvalue weighted by atomic mass is 10.0. The fourth-order valence-electron chi connectivity index (χ4n) is 2.66. The predicted molar refractivity (Wildman–Crippen MR) is 94.0 cm³/mol. The Hall–Kier alpha value is -1.98. The Morgan fingerprint density at radius 1 is 1.09 bits per heavy atom. The summed E-state index contributed by atoms with van der Waals surface area (Å²) in [5, 5.41) is 12.1. The van der Waals surface area contributed by atoms with Gasteiger partial charge < -0.3 is 0 Å². The summed E-state index contributed by atoms with van der Waals surface area (Å²) >= 11 is 3.40. The average molecular weight is 325 g/mol. The maximum atomic E-state index is 4.88. The van der Waals surface area contributed by atoms with E-state index in [0.29, 0.717) is 0 Å². The maximum absolute atomic E-state index is 4.88. The maximum Gasteiger partial charge on any atom is 0.206 e. The van der Waals surface area contributed by atoms with E-state index < -0.39 is 0 Å². The van der Waals surface area contributed by atoms with Gasteiger partial charge in [0, 0.05) is 11.8 Å². The van der Waals surface area contributed by atoms with Gasteiger partial charge in [-0.3, -0.25) is 0 Å². The number of rotatable bonds is 3. The van der Waals surface area contributed by atoms with E-state index in [1.807, 2.05) is 6.92 Å². The van der Waals surface area contributed by atoms with Gasteiger partial charge in [-0.1, -0.05) is 36.4 Å². The van der Waals surface area contributed by atoms with Gasteiger partial charge in [-0.15, -0.1) is 22.7 Å². The van der Waals surface area contributed by atoms with E-state index in [1.54, 1.807) is 22.7 Å². The van der Waals surface area contributed by atoms with E-state index in [0.717, 1.165) is 23.0 Å². The molecule has 0 amide bonds. The third-order valence-corrected chi connectivity index (χ3v) is 5.57. The quantitative estimate of drug-likeness (QED) is 0.687. The summed E-state index contributed by atoms with van der Waals surface area (Å²) in [6.07, 6.45) is 0.920. The minimum atomic E-state index is 0.226. The second kappa shape index (κ2) is 5.66. The molecule has 1 atom stereocenters. The van der Waals surface area contributed by atoms with Gasteiger partial charge >= 0.3 is 0 Å². The number of anilines is 1. The molecule has 3 nitrogen and oxygen atoms in total. The largest absolute Gasteiger partial charge is 0.231 e. The molecule has 1 aliphatic rings. The van der Waals surface area contributed by atoms with Crippen LogP contribution in [0.25, 0.3) is 0 Å². The van der Waals surface area contributed by atoms with Crippen molar-refractivity contribution in [1.29, 1.82) is 0 Å². The number of aryl methyl sites for hydroxylation is 1. The number of thiophene rings is 1. The van der Waals surface area contributed by atoms with E-state index in [2.05, 4.69) is 63.2 Å². The zero-order valence-electron chi connectivity index (χ0n) is 12.1. The van der Waals surface area contributed by atoms with Crippen molar-refractivity contribution < 1.29 is 0 Å². The molecule has 0 N–H and O–H groups in total. The van der Waals surface area contributed by atoms with Crippen LogP contribution in [0.3, 0.4) is 0 Å². The van der Waals surface area contributed by atoms with Crippen LogP contribution < -0.4 is 5.01 Å². The van der Waals surface area contributed by atoms with E-state index in [4.69, 9.17) is 5.10 Å². The molecule has 0 saturated carbocycles. The molecule has 0 radical (unpaired) electrons. The monoisotopic (exact) mass is 325 g/mol. The molecule has 2 aromatic heterocycles. The second-order valence-corrected chi connectivity index (χ2v) is 7.05. The van der Waals surface area contributed by atoms with Gasteiger partial charge in [-0.05, 0) is 23.9 Å². The third kappa shape index (κ3) is 2.46. The molecule has 110 valence electrons. The highest BCUT2D eigenvalue weighted by Gasteiger charge is 2.31. The van der Waals surface area contributed by atoms with Crippen LogP contribution in [0, 0.1) is 6.92 Å². The minimum Gasteiger partial charge on any atom is -0.231 e. The molecule has 0 spiro atoms. The third-order valence-electron chi connectivity index (χ3n) is 3.70. The molecular weight excluding hydrogens is 310 g/mol. The molecule has 3 heterocycles. The van der Waals surface area contributed by atoms with Crippen LogP contribution >= 0.6 is 22.7 Å². The Labute approximate surface area is 137 Å². The van der Waals surface area contributed by atoms with E-state index in [9.17, 15) is 0 Å². The molecule has 3 aromatic rings. The molecule has 1 unspecified atom stereocenters. The molecule has 0 saturated heterocycles. The van der Waals surface area contributed by atoms with Crippen molar-refractivity contribution in [2.24, 2.45) is 5.10 Å². The highest BCUT2D eigenvalue weighted by atomic mass is 32.1. The first-order valence-electron chi connectivity index (χ1n) is 7.19. The number of thiazole rings is 1. The van der Waals surface area contributed by atoms with Crippen molar-refractivity contribution in [3.63, 3.8) is 0 Å². The molecule has 22 heavy (non-hydrogen) atoms. The minimum absolute atomic E-state index is 0.226. The lowest BCUT2D eigenvalue weighted by molar-refractivity contribution is 0.705. The molecule has 0 fully saturated rings. The van der Waals surface area contributed by atoms with Crippen molar-refractivity contribution in [1.82, 2.24) is 4.98 Å². The van der Waals surface area contributed by atoms with Crippen LogP contribution in [0.2, 0.25) is 0 Å². The lowest BCUT2D eigenvalue weighted by Crippen LogP contribution is -2.18. The summed E-state index contributed by atoms with van der Waals surface area (Å²) in [5.41, 5.74) is 3.48. The fraction of sp³-hybridized carbons (Fsp3) is 0.176. The number of aromatic nitrogens is 1. The topological polar surface area (TPSA) is 28.5 Å². The zero-order chi connectivity index (χ0) is 14.9. The number of hydrogen-bond acceptors (Lipinski definition) is 5. The standard InChI is InChI=1S/C17H15N3S2/c1-12-11-22-17(18-12)20-15(13-6-3-2-4-7-13)10-14(19-20)16-8-5-9-21-16/h2-9,11,15H,10H2,1H3. The molecule has 1 aliphatic heterocycles. The lowest BCUT2D eigenvalue weighted by Gasteiger charge is -2.21. The van der Waals surface area contributed by atoms with Crippen LogP contribution in [-0.2, 0) is 0 Å². The van der Waals surface area contributed by atoms with Crippen molar-refractivity contribution in [3.05, 3.63) is 69.4 Å². The van der Waals surface area contributed by atoms with Crippen LogP contribution in [0.4, 0.5) is 5.13 Å². The summed E-state index contributed by atoms with van der Waals surface area (Å²) in [7, 11) is 0. The van der Waals surface area contributed by atoms with Gasteiger partial charge in [0.15, 0.2) is 0 Å². The number of benzene rings is 1. The average Bonchev–Trinajstić information content (AvgIpc) is 3.27. The fourth-order valence-corrected chi connectivity index (χ4v) is 4.18. The van der Waals surface area contributed by atoms with E-state index in [-0.39, 0.29) is 6.04 Å². The molecule has 5 heteroatoms. The Morgan fingerprint density at radius 2 is 1.95 bits per heavy atom. The number of nitrogens with zero attached hydrogens (tertiary/aromatic N) is 3. The first kappa shape index (κ1) is 13.7. The van der Waals surface area contributed by atoms with Gasteiger partial charge in [0.1, 0.15) is 0 Å². The van der Waals surface area contributed by atoms with Crippen LogP contribution in [0.1, 0.15) is 28.6 Å². The normalized spacial score (nSPS) is 17.8. The van der Waals surface area contributed by atoms with Crippen molar-refractivity contribution in [2.45, 2.75) is 19.4 Å². The smallest absolute Gasteiger partial charge is 0.206 e. The van der Waals surface area contributed by atoms with Crippen molar-refractivity contribution in [2.75, 3.05) is 5.01 Å². The number of hydrazone groups is 1. The number of hydrogen-bond donors (Lipinski definition) is 0. The highest BCUT2D eigenvalue weighted by Crippen LogP contribution is 2.38. The first-order valence-corrected chi connectivity index (χ1v) is 8.95. The van der Waals surface area contributed by atoms with E-state index in [1.165, 1.54) is 10.4 Å². The Balaban J connectivity index is 1.75. The SMILES string of the molecule is Cc1csc(N2N=C(c3cccs3)CC2c2ccccc2)n1. The summed E-state index contributed by atoms with van der Waals surface area (Å²) in [4.78, 5) is 5.87. The van der Waals surface area contributed by atoms with Gasteiger partial charge in [0.25, 0.3) is 0 Å². The Bertz CT molecular complexity index is 790. The first-order chi connectivity index (χ1) is 10.8. The summed E-state index contributed by atoms with van der Waals surface area (Å²) in [6.45, 7) is 2.03. The summed E-state index contributed by atoms with van der Waals surface area (Å²) < 4.78 is 0. The molecular formula is C17H15N3S2. The highest BCUT2D eigenvalue weighted by molar-refractivity contribution is 7.13. The Kier molecular flexibility index (Phi) is 3.52. The molecule has 0 aliphatic carbocycles. The predicted octanol–water partition coefficient (Wildman–Crippen LogP) is 4.87. The summed E-state index contributed by atoms with van der Waals surface area (Å²) in [5.74, 6) is 0. The molecule has 0 bridgehead atoms. The van der Waals surface area contributed by atoms with Crippen molar-refractivity contribution in [3.8, 4) is 0 Å². The molecule has 4 rings (SSSR count). The van der Waals surface area contributed by atoms with Crippen LogP contribution in [0.15, 0.2) is 58.3 Å². The van der Waals surface area contributed by atoms with Gasteiger partial charge in [-0.2, -0.15) is 5.10 Å². The van der Waals surface area contributed by atoms with Crippen molar-refractivity contribution >= 4 is 33.5 Å². The van der Waals surface area contributed by atoms with Gasteiger partial charge in [0.05, 0.1) is 22.3 Å². The molecule has 1 aromatic carbocycles. The second-order valence-electron chi connectivity index (χ2n) is 5.27. The Morgan fingerprint density at radius 3 is 2.64 bits per heavy atom. The van der Waals surface area contributed by atoms with E-state index >= 15 is 0 Å². The zero-order valence-corrected chi connectivity index (χ0v) is 13.8.